The van der Waals surface area contributed by atoms with E-state index in [2.05, 4.69) is 26.2 Å². The van der Waals surface area contributed by atoms with Crippen LogP contribution in [0.5, 0.6) is 0 Å². The molecule has 9 heteroatoms. The first kappa shape index (κ1) is 23.8. The first-order chi connectivity index (χ1) is 17.5. The highest BCUT2D eigenvalue weighted by Gasteiger charge is 2.15. The molecule has 0 fully saturated rings. The molecule has 2 aromatic heterocycles. The predicted molar refractivity (Wildman–Crippen MR) is 145 cm³/mol. The van der Waals surface area contributed by atoms with Crippen molar-refractivity contribution in [3.05, 3.63) is 111 Å². The van der Waals surface area contributed by atoms with Gasteiger partial charge in [0.05, 0.1) is 5.57 Å². The Kier molecular flexibility index (Phi) is 6.83. The number of amides is 1. The summed E-state index contributed by atoms with van der Waals surface area (Å²) in [4.78, 5) is 12.4. The van der Waals surface area contributed by atoms with Crippen molar-refractivity contribution < 1.29 is 4.79 Å². The van der Waals surface area contributed by atoms with Crippen LogP contribution < -0.4 is 5.32 Å². The van der Waals surface area contributed by atoms with Gasteiger partial charge < -0.3 is 4.57 Å². The van der Waals surface area contributed by atoms with E-state index < -0.39 is 0 Å². The third-order valence-electron chi connectivity index (χ3n) is 5.51. The van der Waals surface area contributed by atoms with Gasteiger partial charge in [-0.2, -0.15) is 5.26 Å². The number of aromatic nitrogens is 3. The van der Waals surface area contributed by atoms with Crippen LogP contribution in [0.3, 0.4) is 0 Å². The Labute approximate surface area is 221 Å². The van der Waals surface area contributed by atoms with Crippen LogP contribution in [0.2, 0.25) is 10.0 Å². The molecule has 176 valence electrons. The largest absolute Gasteiger partial charge is 0.342 e. The summed E-state index contributed by atoms with van der Waals surface area (Å²) in [5.41, 5.74) is 3.65. The second-order valence-electron chi connectivity index (χ2n) is 7.87. The lowest BCUT2D eigenvalue weighted by molar-refractivity contribution is 0.102. The number of hydrogen-bond donors (Lipinski definition) is 1. The van der Waals surface area contributed by atoms with Crippen LogP contribution >= 0.6 is 34.5 Å². The van der Waals surface area contributed by atoms with Crippen LogP contribution in [-0.2, 0) is 6.54 Å². The number of halogens is 2. The molecule has 2 heterocycles. The Morgan fingerprint density at radius 2 is 1.83 bits per heavy atom. The van der Waals surface area contributed by atoms with E-state index in [1.54, 1.807) is 36.4 Å². The van der Waals surface area contributed by atoms with Gasteiger partial charge in [-0.15, -0.1) is 10.2 Å². The Bertz CT molecular complexity index is 1650. The van der Waals surface area contributed by atoms with Gasteiger partial charge in [-0.25, -0.2) is 0 Å². The number of carbonyl (C=O) groups is 1. The lowest BCUT2D eigenvalue weighted by Crippen LogP contribution is -2.11. The van der Waals surface area contributed by atoms with Crippen molar-refractivity contribution in [2.75, 3.05) is 5.32 Å². The summed E-state index contributed by atoms with van der Waals surface area (Å²) in [6.45, 7) is 0.542. The molecule has 0 saturated heterocycles. The fraction of sp³-hybridized carbons (Fsp3) is 0.0370. The van der Waals surface area contributed by atoms with E-state index in [9.17, 15) is 10.1 Å². The standard InChI is InChI=1S/C27H17Cl2N5OS/c28-21-11-10-18(23(29)13-21)15-34-16-20(22-8-4-5-9-24(22)34)12-19(14-30)26-32-33-27(36-26)31-25(35)17-6-2-1-3-7-17/h1-13,16H,15H2,(H,31,33,35)/b19-12+. The van der Waals surface area contributed by atoms with Crippen molar-refractivity contribution in [1.29, 1.82) is 5.26 Å². The Morgan fingerprint density at radius 3 is 2.61 bits per heavy atom. The molecule has 0 radical (unpaired) electrons. The van der Waals surface area contributed by atoms with Crippen molar-refractivity contribution >= 4 is 68.1 Å². The summed E-state index contributed by atoms with van der Waals surface area (Å²) in [6, 6.07) is 24.4. The van der Waals surface area contributed by atoms with Gasteiger partial charge in [-0.3, -0.25) is 10.1 Å². The van der Waals surface area contributed by atoms with Crippen LogP contribution in [0.15, 0.2) is 79.0 Å². The highest BCUT2D eigenvalue weighted by molar-refractivity contribution is 7.16. The van der Waals surface area contributed by atoms with E-state index in [0.29, 0.717) is 37.9 Å². The number of anilines is 1. The summed E-state index contributed by atoms with van der Waals surface area (Å²) in [6.07, 6.45) is 3.76. The topological polar surface area (TPSA) is 83.6 Å². The molecule has 0 aliphatic carbocycles. The third kappa shape index (κ3) is 5.02. The molecule has 1 amide bonds. The quantitative estimate of drug-likeness (QED) is 0.236. The second-order valence-corrected chi connectivity index (χ2v) is 9.69. The molecular weight excluding hydrogens is 513 g/mol. The van der Waals surface area contributed by atoms with E-state index in [1.807, 2.05) is 48.7 Å². The van der Waals surface area contributed by atoms with Gasteiger partial charge in [0, 0.05) is 44.8 Å². The zero-order valence-corrected chi connectivity index (χ0v) is 21.0. The minimum Gasteiger partial charge on any atom is -0.342 e. The normalized spacial score (nSPS) is 11.4. The molecule has 0 bridgehead atoms. The van der Waals surface area contributed by atoms with Crippen LogP contribution in [0, 0.1) is 11.3 Å². The Balaban J connectivity index is 1.45. The first-order valence-corrected chi connectivity index (χ1v) is 12.4. The van der Waals surface area contributed by atoms with Crippen LogP contribution in [0.1, 0.15) is 26.5 Å². The number of nitrogens with one attached hydrogen (secondary N) is 1. The second kappa shape index (κ2) is 10.3. The molecule has 6 nitrogen and oxygen atoms in total. The Morgan fingerprint density at radius 1 is 1.06 bits per heavy atom. The van der Waals surface area contributed by atoms with Crippen molar-refractivity contribution in [2.45, 2.75) is 6.54 Å². The molecule has 5 aromatic rings. The zero-order valence-electron chi connectivity index (χ0n) is 18.7. The Hall–Kier alpha value is -3.96. The van der Waals surface area contributed by atoms with E-state index in [1.165, 1.54) is 0 Å². The number of allylic oxidation sites excluding steroid dienone is 1. The summed E-state index contributed by atoms with van der Waals surface area (Å²) >= 11 is 13.6. The number of carbonyl (C=O) groups excluding carboxylic acids is 1. The number of para-hydroxylation sites is 1. The van der Waals surface area contributed by atoms with Crippen molar-refractivity contribution in [2.24, 2.45) is 0 Å². The van der Waals surface area contributed by atoms with Crippen molar-refractivity contribution in [1.82, 2.24) is 14.8 Å². The van der Waals surface area contributed by atoms with Gasteiger partial charge in [-0.05, 0) is 42.0 Å². The van der Waals surface area contributed by atoms with Crippen LogP contribution in [-0.4, -0.2) is 20.7 Å². The smallest absolute Gasteiger partial charge is 0.257 e. The molecule has 36 heavy (non-hydrogen) atoms. The highest BCUT2D eigenvalue weighted by Crippen LogP contribution is 2.30. The molecule has 3 aromatic carbocycles. The number of fused-ring (bicyclic) bond motifs is 1. The number of nitriles is 1. The maximum absolute atomic E-state index is 12.4. The molecule has 0 saturated carbocycles. The fourth-order valence-corrected chi connectivity index (χ4v) is 4.97. The van der Waals surface area contributed by atoms with E-state index >= 15 is 0 Å². The average molecular weight is 530 g/mol. The number of benzene rings is 3. The molecule has 0 aliphatic rings. The van der Waals surface area contributed by atoms with Crippen molar-refractivity contribution in [3.63, 3.8) is 0 Å². The summed E-state index contributed by atoms with van der Waals surface area (Å²) in [7, 11) is 0. The molecule has 0 aliphatic heterocycles. The monoisotopic (exact) mass is 529 g/mol. The number of rotatable bonds is 6. The van der Waals surface area contributed by atoms with Gasteiger partial charge in [0.25, 0.3) is 5.91 Å². The zero-order chi connectivity index (χ0) is 25.1. The number of nitrogens with zero attached hydrogens (tertiary/aromatic N) is 4. The third-order valence-corrected chi connectivity index (χ3v) is 6.97. The SMILES string of the molecule is N#C/C(=C\c1cn(Cc2ccc(Cl)cc2Cl)c2ccccc12)c1nnc(NC(=O)c2ccccc2)s1. The molecule has 0 atom stereocenters. The summed E-state index contributed by atoms with van der Waals surface area (Å²) in [5.74, 6) is -0.287. The molecule has 1 N–H and O–H groups in total. The summed E-state index contributed by atoms with van der Waals surface area (Å²) in [5, 5.41) is 23.7. The molecule has 0 spiro atoms. The minimum absolute atomic E-state index is 0.287. The molecule has 5 rings (SSSR count). The summed E-state index contributed by atoms with van der Waals surface area (Å²) < 4.78 is 2.08. The van der Waals surface area contributed by atoms with Gasteiger partial charge in [0.2, 0.25) is 5.13 Å². The van der Waals surface area contributed by atoms with E-state index in [4.69, 9.17) is 23.2 Å². The lowest BCUT2D eigenvalue weighted by atomic mass is 10.1. The van der Waals surface area contributed by atoms with Gasteiger partial charge in [0.15, 0.2) is 5.01 Å². The predicted octanol–water partition coefficient (Wildman–Crippen LogP) is 7.16. The van der Waals surface area contributed by atoms with E-state index in [0.717, 1.165) is 33.4 Å². The molecular formula is C27H17Cl2N5OS. The lowest BCUT2D eigenvalue weighted by Gasteiger charge is -2.08. The van der Waals surface area contributed by atoms with Gasteiger partial charge >= 0.3 is 0 Å². The first-order valence-electron chi connectivity index (χ1n) is 10.9. The maximum atomic E-state index is 12.4. The van der Waals surface area contributed by atoms with Crippen LogP contribution in [0.25, 0.3) is 22.6 Å². The highest BCUT2D eigenvalue weighted by atomic mass is 35.5. The average Bonchev–Trinajstić information content (AvgIpc) is 3.49. The fourth-order valence-electron chi connectivity index (χ4n) is 3.79. The number of hydrogen-bond acceptors (Lipinski definition) is 5. The van der Waals surface area contributed by atoms with Gasteiger partial charge in [-0.1, -0.05) is 77.0 Å². The van der Waals surface area contributed by atoms with Crippen molar-refractivity contribution in [3.8, 4) is 6.07 Å². The molecule has 0 unspecified atom stereocenters. The minimum atomic E-state index is -0.287. The van der Waals surface area contributed by atoms with E-state index in [-0.39, 0.29) is 5.91 Å². The van der Waals surface area contributed by atoms with Gasteiger partial charge in [0.1, 0.15) is 6.07 Å². The van der Waals surface area contributed by atoms with Crippen LogP contribution in [0.4, 0.5) is 5.13 Å². The maximum Gasteiger partial charge on any atom is 0.257 e.